The molecular formula is C24H21N5O4S. The molecule has 0 saturated carbocycles. The van der Waals surface area contributed by atoms with Crippen molar-refractivity contribution in [1.29, 1.82) is 0 Å². The van der Waals surface area contributed by atoms with Gasteiger partial charge in [0.1, 0.15) is 5.75 Å². The first-order chi connectivity index (χ1) is 16.5. The molecule has 0 unspecified atom stereocenters. The number of non-ortho nitro benzene ring substituents is 1. The average molecular weight is 476 g/mol. The Kier molecular flexibility index (Phi) is 6.88. The molecule has 1 heterocycles. The number of nitrogens with one attached hydrogen (secondary N) is 1. The second-order valence-electron chi connectivity index (χ2n) is 7.30. The van der Waals surface area contributed by atoms with E-state index in [2.05, 4.69) is 15.5 Å². The van der Waals surface area contributed by atoms with Crippen LogP contribution in [0.3, 0.4) is 0 Å². The maximum atomic E-state index is 12.6. The Balaban J connectivity index is 1.56. The monoisotopic (exact) mass is 475 g/mol. The van der Waals surface area contributed by atoms with Crippen LogP contribution in [0.25, 0.3) is 17.1 Å². The van der Waals surface area contributed by atoms with Gasteiger partial charge in [-0.05, 0) is 42.8 Å². The number of methoxy groups -OCH3 is 1. The summed E-state index contributed by atoms with van der Waals surface area (Å²) in [5.41, 5.74) is 2.84. The minimum Gasteiger partial charge on any atom is -0.497 e. The number of anilines is 1. The van der Waals surface area contributed by atoms with E-state index in [9.17, 15) is 14.9 Å². The molecule has 0 bridgehead atoms. The molecule has 0 aliphatic heterocycles. The van der Waals surface area contributed by atoms with Gasteiger partial charge >= 0.3 is 0 Å². The SMILES string of the molecule is COc1ccc(-n2c(SCC(=O)Nc3ccc([N+](=O)[O-])cc3C)nnc2-c2ccccc2)cc1. The van der Waals surface area contributed by atoms with Crippen LogP contribution in [0.1, 0.15) is 5.56 Å². The molecule has 34 heavy (non-hydrogen) atoms. The first kappa shape index (κ1) is 23.0. The third kappa shape index (κ3) is 5.07. The number of hydrogen-bond acceptors (Lipinski definition) is 7. The molecule has 1 amide bonds. The molecule has 0 radical (unpaired) electrons. The second kappa shape index (κ2) is 10.2. The predicted molar refractivity (Wildman–Crippen MR) is 131 cm³/mol. The highest BCUT2D eigenvalue weighted by Crippen LogP contribution is 2.29. The number of nitro benzene ring substituents is 1. The van der Waals surface area contributed by atoms with Crippen LogP contribution in [-0.2, 0) is 4.79 Å². The first-order valence-electron chi connectivity index (χ1n) is 10.3. The number of amides is 1. The Morgan fingerprint density at radius 1 is 1.09 bits per heavy atom. The maximum absolute atomic E-state index is 12.6. The van der Waals surface area contributed by atoms with Crippen molar-refractivity contribution in [2.75, 3.05) is 18.2 Å². The average Bonchev–Trinajstić information content (AvgIpc) is 3.28. The number of ether oxygens (including phenoxy) is 1. The van der Waals surface area contributed by atoms with Gasteiger partial charge in [-0.25, -0.2) is 0 Å². The highest BCUT2D eigenvalue weighted by atomic mass is 32.2. The van der Waals surface area contributed by atoms with E-state index >= 15 is 0 Å². The van der Waals surface area contributed by atoms with Crippen molar-refractivity contribution >= 4 is 29.0 Å². The molecular weight excluding hydrogens is 454 g/mol. The van der Waals surface area contributed by atoms with Crippen LogP contribution in [0.2, 0.25) is 0 Å². The number of aryl methyl sites for hydroxylation is 1. The van der Waals surface area contributed by atoms with Gasteiger partial charge < -0.3 is 10.1 Å². The van der Waals surface area contributed by atoms with E-state index < -0.39 is 4.92 Å². The summed E-state index contributed by atoms with van der Waals surface area (Å²) in [7, 11) is 1.61. The summed E-state index contributed by atoms with van der Waals surface area (Å²) in [5.74, 6) is 1.21. The van der Waals surface area contributed by atoms with Crippen molar-refractivity contribution in [3.05, 3.63) is 88.5 Å². The van der Waals surface area contributed by atoms with Gasteiger partial charge in [-0.1, -0.05) is 42.1 Å². The number of rotatable bonds is 8. The molecule has 0 saturated heterocycles. The van der Waals surface area contributed by atoms with Crippen molar-refractivity contribution in [2.24, 2.45) is 0 Å². The van der Waals surface area contributed by atoms with Crippen LogP contribution < -0.4 is 10.1 Å². The fraction of sp³-hybridized carbons (Fsp3) is 0.125. The van der Waals surface area contributed by atoms with Gasteiger partial charge in [0.25, 0.3) is 5.69 Å². The Hall–Kier alpha value is -4.18. The normalized spacial score (nSPS) is 10.6. The number of aromatic nitrogens is 3. The number of carbonyl (C=O) groups is 1. The van der Waals surface area contributed by atoms with E-state index in [1.807, 2.05) is 59.2 Å². The number of carbonyl (C=O) groups excluding carboxylic acids is 1. The summed E-state index contributed by atoms with van der Waals surface area (Å²) in [6.45, 7) is 1.71. The Morgan fingerprint density at radius 2 is 1.82 bits per heavy atom. The number of benzene rings is 3. The minimum absolute atomic E-state index is 0.0223. The quantitative estimate of drug-likeness (QED) is 0.219. The van der Waals surface area contributed by atoms with Crippen molar-refractivity contribution in [2.45, 2.75) is 12.1 Å². The molecule has 0 spiro atoms. The second-order valence-corrected chi connectivity index (χ2v) is 8.24. The smallest absolute Gasteiger partial charge is 0.269 e. The number of nitrogens with zero attached hydrogens (tertiary/aromatic N) is 4. The lowest BCUT2D eigenvalue weighted by Crippen LogP contribution is -2.15. The van der Waals surface area contributed by atoms with Crippen molar-refractivity contribution in [1.82, 2.24) is 14.8 Å². The topological polar surface area (TPSA) is 112 Å². The molecule has 10 heteroatoms. The van der Waals surface area contributed by atoms with Gasteiger partial charge in [0.15, 0.2) is 11.0 Å². The fourth-order valence-electron chi connectivity index (χ4n) is 3.32. The first-order valence-corrected chi connectivity index (χ1v) is 11.3. The summed E-state index contributed by atoms with van der Waals surface area (Å²) < 4.78 is 7.15. The van der Waals surface area contributed by atoms with Crippen molar-refractivity contribution < 1.29 is 14.5 Å². The van der Waals surface area contributed by atoms with Crippen LogP contribution >= 0.6 is 11.8 Å². The Bertz CT molecular complexity index is 1320. The highest BCUT2D eigenvalue weighted by molar-refractivity contribution is 7.99. The zero-order valence-corrected chi connectivity index (χ0v) is 19.3. The molecule has 3 aromatic carbocycles. The van der Waals surface area contributed by atoms with Gasteiger partial charge in [-0.2, -0.15) is 0 Å². The zero-order valence-electron chi connectivity index (χ0n) is 18.5. The molecule has 0 atom stereocenters. The van der Waals surface area contributed by atoms with Crippen LogP contribution in [0, 0.1) is 17.0 Å². The summed E-state index contributed by atoms with van der Waals surface area (Å²) in [6, 6.07) is 21.5. The third-order valence-corrected chi connectivity index (χ3v) is 5.95. The summed E-state index contributed by atoms with van der Waals surface area (Å²) >= 11 is 1.25. The Morgan fingerprint density at radius 3 is 2.47 bits per heavy atom. The molecule has 4 aromatic rings. The van der Waals surface area contributed by atoms with E-state index in [4.69, 9.17) is 4.74 Å². The minimum atomic E-state index is -0.467. The summed E-state index contributed by atoms with van der Waals surface area (Å²) in [4.78, 5) is 23.1. The highest BCUT2D eigenvalue weighted by Gasteiger charge is 2.18. The molecule has 172 valence electrons. The largest absolute Gasteiger partial charge is 0.497 e. The fourth-order valence-corrected chi connectivity index (χ4v) is 4.07. The van der Waals surface area contributed by atoms with E-state index in [1.165, 1.54) is 30.0 Å². The lowest BCUT2D eigenvalue weighted by Gasteiger charge is -2.11. The Labute approximate surface area is 199 Å². The number of hydrogen-bond donors (Lipinski definition) is 1. The predicted octanol–water partition coefficient (Wildman–Crippen LogP) is 4.89. The number of nitro groups is 1. The van der Waals surface area contributed by atoms with E-state index in [1.54, 1.807) is 14.0 Å². The van der Waals surface area contributed by atoms with Crippen molar-refractivity contribution in [3.8, 4) is 22.8 Å². The van der Waals surface area contributed by atoms with Gasteiger partial charge in [-0.15, -0.1) is 10.2 Å². The van der Waals surface area contributed by atoms with Gasteiger partial charge in [0.2, 0.25) is 5.91 Å². The third-order valence-electron chi connectivity index (χ3n) is 5.02. The lowest BCUT2D eigenvalue weighted by molar-refractivity contribution is -0.384. The molecule has 4 rings (SSSR count). The van der Waals surface area contributed by atoms with Crippen LogP contribution in [-0.4, -0.2) is 38.5 Å². The molecule has 0 aliphatic carbocycles. The summed E-state index contributed by atoms with van der Waals surface area (Å²) in [5, 5.41) is 23.0. The van der Waals surface area contributed by atoms with Gasteiger partial charge in [0.05, 0.1) is 17.8 Å². The summed E-state index contributed by atoms with van der Waals surface area (Å²) in [6.07, 6.45) is 0. The maximum Gasteiger partial charge on any atom is 0.269 e. The van der Waals surface area contributed by atoms with Crippen molar-refractivity contribution in [3.63, 3.8) is 0 Å². The zero-order chi connectivity index (χ0) is 24.1. The molecule has 1 N–H and O–H groups in total. The van der Waals surface area contributed by atoms with E-state index in [0.29, 0.717) is 22.2 Å². The molecule has 9 nitrogen and oxygen atoms in total. The van der Waals surface area contributed by atoms with Gasteiger partial charge in [-0.3, -0.25) is 19.5 Å². The molecule has 0 aliphatic rings. The van der Waals surface area contributed by atoms with Crippen LogP contribution in [0.5, 0.6) is 5.75 Å². The van der Waals surface area contributed by atoms with E-state index in [0.717, 1.165) is 17.0 Å². The molecule has 0 fully saturated rings. The lowest BCUT2D eigenvalue weighted by atomic mass is 10.2. The number of thioether (sulfide) groups is 1. The van der Waals surface area contributed by atoms with E-state index in [-0.39, 0.29) is 17.3 Å². The van der Waals surface area contributed by atoms with Crippen LogP contribution in [0.4, 0.5) is 11.4 Å². The van der Waals surface area contributed by atoms with Crippen LogP contribution in [0.15, 0.2) is 78.0 Å². The van der Waals surface area contributed by atoms with Gasteiger partial charge in [0, 0.05) is 29.1 Å². The standard InChI is InChI=1S/C24H21N5O4S/c1-16-14-19(29(31)32)10-13-21(16)25-22(30)15-34-24-27-26-23(17-6-4-3-5-7-17)28(24)18-8-11-20(33-2)12-9-18/h3-14H,15H2,1-2H3,(H,25,30). The molecule has 1 aromatic heterocycles.